The first-order valence-corrected chi connectivity index (χ1v) is 7.39. The van der Waals surface area contributed by atoms with E-state index in [4.69, 9.17) is 4.42 Å². The molecule has 0 aliphatic heterocycles. The average molecular weight is 307 g/mol. The second kappa shape index (κ2) is 6.53. The zero-order valence-electron chi connectivity index (χ0n) is 12.2. The summed E-state index contributed by atoms with van der Waals surface area (Å²) in [5.74, 6) is -0.347. The lowest BCUT2D eigenvalue weighted by Gasteiger charge is -2.18. The topological polar surface area (TPSA) is 75.4 Å². The number of hydrogen-bond donors (Lipinski definition) is 1. The summed E-state index contributed by atoms with van der Waals surface area (Å²) in [5.41, 5.74) is 0.898. The van der Waals surface area contributed by atoms with E-state index in [0.29, 0.717) is 11.7 Å². The lowest BCUT2D eigenvalue weighted by Crippen LogP contribution is -2.37. The zero-order valence-corrected chi connectivity index (χ0v) is 13.0. The third-order valence-electron chi connectivity index (χ3n) is 3.01. The number of nitrogens with zero attached hydrogens (tertiary/aromatic N) is 2. The lowest BCUT2D eigenvalue weighted by atomic mass is 10.3. The van der Waals surface area contributed by atoms with Gasteiger partial charge in [0.05, 0.1) is 12.0 Å². The van der Waals surface area contributed by atoms with E-state index in [1.807, 2.05) is 20.8 Å². The van der Waals surface area contributed by atoms with E-state index in [1.165, 1.54) is 22.5 Å². The Bertz CT molecular complexity index is 614. The number of rotatable bonds is 5. The molecule has 2 amide bonds. The molecule has 0 aromatic carbocycles. The molecular weight excluding hydrogens is 290 g/mol. The van der Waals surface area contributed by atoms with Crippen LogP contribution in [0.5, 0.6) is 0 Å². The van der Waals surface area contributed by atoms with Crippen molar-refractivity contribution >= 4 is 28.3 Å². The van der Waals surface area contributed by atoms with Gasteiger partial charge in [-0.2, -0.15) is 0 Å². The summed E-state index contributed by atoms with van der Waals surface area (Å²) in [4.78, 5) is 30.9. The first-order chi connectivity index (χ1) is 10.0. The summed E-state index contributed by atoms with van der Waals surface area (Å²) >= 11 is 1.42. The van der Waals surface area contributed by atoms with E-state index in [1.54, 1.807) is 12.1 Å². The van der Waals surface area contributed by atoms with Gasteiger partial charge in [-0.1, -0.05) is 0 Å². The van der Waals surface area contributed by atoms with Crippen LogP contribution in [0.25, 0.3) is 0 Å². The second-order valence-corrected chi connectivity index (χ2v) is 5.71. The molecule has 0 atom stereocenters. The molecule has 2 heterocycles. The van der Waals surface area contributed by atoms with Gasteiger partial charge in [-0.05, 0) is 32.9 Å². The van der Waals surface area contributed by atoms with Crippen molar-refractivity contribution in [2.24, 2.45) is 0 Å². The molecule has 0 radical (unpaired) electrons. The van der Waals surface area contributed by atoms with Crippen molar-refractivity contribution in [1.82, 2.24) is 9.88 Å². The van der Waals surface area contributed by atoms with Crippen molar-refractivity contribution in [2.45, 2.75) is 20.8 Å². The van der Waals surface area contributed by atoms with E-state index < -0.39 is 0 Å². The molecule has 0 saturated carbocycles. The van der Waals surface area contributed by atoms with Gasteiger partial charge >= 0.3 is 0 Å². The number of aryl methyl sites for hydroxylation is 2. The number of carbonyl (C=O) groups excluding carboxylic acids is 2. The molecule has 2 aromatic heterocycles. The Morgan fingerprint density at radius 3 is 2.71 bits per heavy atom. The van der Waals surface area contributed by atoms with Gasteiger partial charge in [0, 0.05) is 11.4 Å². The molecule has 2 rings (SSSR count). The van der Waals surface area contributed by atoms with Gasteiger partial charge in [0.15, 0.2) is 10.9 Å². The number of furan rings is 1. The summed E-state index contributed by atoms with van der Waals surface area (Å²) in [7, 11) is 0. The van der Waals surface area contributed by atoms with Crippen LogP contribution in [0.15, 0.2) is 22.8 Å². The van der Waals surface area contributed by atoms with E-state index in [-0.39, 0.29) is 24.1 Å². The molecule has 0 unspecified atom stereocenters. The molecule has 0 aliphatic carbocycles. The number of nitrogens with one attached hydrogen (secondary N) is 1. The fourth-order valence-corrected chi connectivity index (χ4v) is 2.57. The van der Waals surface area contributed by atoms with Gasteiger partial charge in [-0.15, -0.1) is 11.3 Å². The van der Waals surface area contributed by atoms with Crippen molar-refractivity contribution in [3.8, 4) is 0 Å². The van der Waals surface area contributed by atoms with Gasteiger partial charge < -0.3 is 14.6 Å². The predicted molar refractivity (Wildman–Crippen MR) is 80.5 cm³/mol. The minimum Gasteiger partial charge on any atom is -0.459 e. The zero-order chi connectivity index (χ0) is 15.4. The summed E-state index contributed by atoms with van der Waals surface area (Å²) in [5, 5.41) is 3.26. The second-order valence-electron chi connectivity index (χ2n) is 4.51. The fourth-order valence-electron chi connectivity index (χ4n) is 1.74. The number of likely N-dealkylation sites (N-methyl/N-ethyl adjacent to an activating group) is 1. The lowest BCUT2D eigenvalue weighted by molar-refractivity contribution is -0.116. The molecular formula is C14H17N3O3S. The first kappa shape index (κ1) is 15.2. The van der Waals surface area contributed by atoms with Crippen LogP contribution < -0.4 is 5.32 Å². The highest BCUT2D eigenvalue weighted by atomic mass is 32.1. The minimum absolute atomic E-state index is 0.0340. The molecule has 6 nitrogen and oxygen atoms in total. The Balaban J connectivity index is 1.98. The Hall–Kier alpha value is -2.15. The van der Waals surface area contributed by atoms with Crippen LogP contribution >= 0.6 is 11.3 Å². The molecule has 7 heteroatoms. The van der Waals surface area contributed by atoms with Crippen LogP contribution in [-0.4, -0.2) is 34.8 Å². The van der Waals surface area contributed by atoms with Crippen LogP contribution in [0.4, 0.5) is 5.13 Å². The van der Waals surface area contributed by atoms with Gasteiger partial charge in [-0.3, -0.25) is 9.59 Å². The minimum atomic E-state index is -0.302. The van der Waals surface area contributed by atoms with Gasteiger partial charge in [-0.25, -0.2) is 4.98 Å². The molecule has 0 bridgehead atoms. The highest BCUT2D eigenvalue weighted by Gasteiger charge is 2.20. The number of anilines is 1. The largest absolute Gasteiger partial charge is 0.459 e. The predicted octanol–water partition coefficient (Wildman–Crippen LogP) is 2.45. The Kier molecular flexibility index (Phi) is 4.74. The number of hydrogen-bond acceptors (Lipinski definition) is 5. The van der Waals surface area contributed by atoms with Crippen molar-refractivity contribution in [3.05, 3.63) is 34.7 Å². The van der Waals surface area contributed by atoms with E-state index >= 15 is 0 Å². The van der Waals surface area contributed by atoms with Crippen LogP contribution in [0, 0.1) is 13.8 Å². The Morgan fingerprint density at radius 2 is 2.19 bits per heavy atom. The highest BCUT2D eigenvalue weighted by molar-refractivity contribution is 7.15. The molecule has 0 spiro atoms. The van der Waals surface area contributed by atoms with Crippen LogP contribution in [0.3, 0.4) is 0 Å². The van der Waals surface area contributed by atoms with E-state index in [9.17, 15) is 9.59 Å². The molecule has 0 saturated heterocycles. The molecule has 1 N–H and O–H groups in total. The SMILES string of the molecule is CCN(CC(=O)Nc1nc(C)c(C)s1)C(=O)c1ccco1. The number of aromatic nitrogens is 1. The summed E-state index contributed by atoms with van der Waals surface area (Å²) < 4.78 is 5.06. The van der Waals surface area contributed by atoms with Crippen LogP contribution in [0.2, 0.25) is 0 Å². The third-order valence-corrected chi connectivity index (χ3v) is 4.00. The molecule has 2 aromatic rings. The molecule has 0 aliphatic rings. The summed E-state index contributed by atoms with van der Waals surface area (Å²) in [6.07, 6.45) is 1.43. The molecule has 21 heavy (non-hydrogen) atoms. The van der Waals surface area contributed by atoms with Crippen molar-refractivity contribution < 1.29 is 14.0 Å². The van der Waals surface area contributed by atoms with Crippen molar-refractivity contribution in [3.63, 3.8) is 0 Å². The standard InChI is InChI=1S/C14H17N3O3S/c1-4-17(13(19)11-6-5-7-20-11)8-12(18)16-14-15-9(2)10(3)21-14/h5-7H,4,8H2,1-3H3,(H,15,16,18). The maximum Gasteiger partial charge on any atom is 0.290 e. The summed E-state index contributed by atoms with van der Waals surface area (Å²) in [6, 6.07) is 3.22. The van der Waals surface area contributed by atoms with Crippen molar-refractivity contribution in [2.75, 3.05) is 18.4 Å². The molecule has 112 valence electrons. The highest BCUT2D eigenvalue weighted by Crippen LogP contribution is 2.20. The first-order valence-electron chi connectivity index (χ1n) is 6.58. The maximum absolute atomic E-state index is 12.1. The van der Waals surface area contributed by atoms with Crippen LogP contribution in [-0.2, 0) is 4.79 Å². The maximum atomic E-state index is 12.1. The Labute approximate surface area is 126 Å². The van der Waals surface area contributed by atoms with Crippen LogP contribution in [0.1, 0.15) is 28.0 Å². The van der Waals surface area contributed by atoms with Gasteiger partial charge in [0.1, 0.15) is 6.54 Å². The Morgan fingerprint density at radius 1 is 1.43 bits per heavy atom. The van der Waals surface area contributed by atoms with E-state index in [0.717, 1.165) is 10.6 Å². The molecule has 0 fully saturated rings. The normalized spacial score (nSPS) is 10.4. The van der Waals surface area contributed by atoms with Gasteiger partial charge in [0.2, 0.25) is 5.91 Å². The number of thiazole rings is 1. The fraction of sp³-hybridized carbons (Fsp3) is 0.357. The van der Waals surface area contributed by atoms with Crippen molar-refractivity contribution in [1.29, 1.82) is 0 Å². The number of carbonyl (C=O) groups is 2. The van der Waals surface area contributed by atoms with Gasteiger partial charge in [0.25, 0.3) is 5.91 Å². The van der Waals surface area contributed by atoms with E-state index in [2.05, 4.69) is 10.3 Å². The quantitative estimate of drug-likeness (QED) is 0.920. The monoisotopic (exact) mass is 307 g/mol. The average Bonchev–Trinajstić information content (AvgIpc) is 3.06. The number of amides is 2. The third kappa shape index (κ3) is 3.69. The summed E-state index contributed by atoms with van der Waals surface area (Å²) in [6.45, 7) is 6.03. The smallest absolute Gasteiger partial charge is 0.290 e.